The molecule has 0 aromatic heterocycles. The highest BCUT2D eigenvalue weighted by Crippen LogP contribution is 2.25. The minimum absolute atomic E-state index is 0.101. The minimum Gasteiger partial charge on any atom is -0.465 e. The van der Waals surface area contributed by atoms with Crippen LogP contribution in [0.2, 0.25) is 0 Å². The van der Waals surface area contributed by atoms with Gasteiger partial charge >= 0.3 is 6.09 Å². The Labute approximate surface area is 150 Å². The normalized spacial score (nSPS) is 14.3. The number of carboxylic acid groups (broad SMARTS) is 1. The van der Waals surface area contributed by atoms with Crippen molar-refractivity contribution in [2.24, 2.45) is 0 Å². The lowest BCUT2D eigenvalue weighted by Crippen LogP contribution is -2.51. The number of rotatable bonds is 6. The molecule has 136 valence electrons. The first kappa shape index (κ1) is 19.3. The first-order valence-electron chi connectivity index (χ1n) is 8.98. The molecule has 0 aliphatic rings. The van der Waals surface area contributed by atoms with Crippen LogP contribution in [-0.4, -0.2) is 34.2 Å². The lowest BCUT2D eigenvalue weighted by Gasteiger charge is -2.36. The number of hydrogen-bond donors (Lipinski definition) is 2. The van der Waals surface area contributed by atoms with E-state index in [4.69, 9.17) is 0 Å². The molecule has 2 unspecified atom stereocenters. The summed E-state index contributed by atoms with van der Waals surface area (Å²) in [4.78, 5) is 13.1. The molecular weight excluding hydrogens is 312 g/mol. The van der Waals surface area contributed by atoms with Gasteiger partial charge in [0.1, 0.15) is 0 Å². The Balaban J connectivity index is 2.19. The van der Waals surface area contributed by atoms with Crippen LogP contribution in [0.15, 0.2) is 42.5 Å². The van der Waals surface area contributed by atoms with Gasteiger partial charge in [0.25, 0.3) is 0 Å². The van der Waals surface area contributed by atoms with E-state index in [2.05, 4.69) is 55.6 Å². The Bertz CT molecular complexity index is 716. The van der Waals surface area contributed by atoms with Gasteiger partial charge in [-0.15, -0.1) is 0 Å². The molecule has 2 aromatic carbocycles. The van der Waals surface area contributed by atoms with Crippen LogP contribution < -0.4 is 5.32 Å². The Morgan fingerprint density at radius 3 is 2.40 bits per heavy atom. The standard InChI is InChI=1S/C21H30N2O2/c1-6-17(14-23(20(24)25)21(3,4)5)22-15(2)18-13-9-11-16-10-7-8-12-19(16)18/h7-13,15,17,22H,6,14H2,1-5H3,(H,24,25). The molecule has 2 rings (SSSR count). The number of nitrogens with one attached hydrogen (secondary N) is 1. The second-order valence-corrected chi connectivity index (χ2v) is 7.63. The summed E-state index contributed by atoms with van der Waals surface area (Å²) < 4.78 is 0. The molecule has 1 amide bonds. The first-order chi connectivity index (χ1) is 11.7. The fraction of sp³-hybridized carbons (Fsp3) is 0.476. The quantitative estimate of drug-likeness (QED) is 0.772. The molecule has 0 aliphatic heterocycles. The second-order valence-electron chi connectivity index (χ2n) is 7.63. The van der Waals surface area contributed by atoms with E-state index >= 15 is 0 Å². The van der Waals surface area contributed by atoms with Gasteiger partial charge < -0.3 is 15.3 Å². The summed E-state index contributed by atoms with van der Waals surface area (Å²) in [6, 6.07) is 15.0. The predicted octanol–water partition coefficient (Wildman–Crippen LogP) is 5.05. The molecule has 0 saturated carbocycles. The topological polar surface area (TPSA) is 52.6 Å². The van der Waals surface area contributed by atoms with Crippen molar-refractivity contribution in [3.05, 3.63) is 48.0 Å². The smallest absolute Gasteiger partial charge is 0.407 e. The van der Waals surface area contributed by atoms with Gasteiger partial charge in [-0.3, -0.25) is 0 Å². The highest BCUT2D eigenvalue weighted by Gasteiger charge is 2.28. The number of nitrogens with zero attached hydrogens (tertiary/aromatic N) is 1. The number of fused-ring (bicyclic) bond motifs is 1. The highest BCUT2D eigenvalue weighted by atomic mass is 16.4. The van der Waals surface area contributed by atoms with E-state index in [0.29, 0.717) is 6.54 Å². The number of carbonyl (C=O) groups is 1. The van der Waals surface area contributed by atoms with Gasteiger partial charge in [0.2, 0.25) is 0 Å². The highest BCUT2D eigenvalue weighted by molar-refractivity contribution is 5.86. The molecule has 2 N–H and O–H groups in total. The molecule has 0 saturated heterocycles. The van der Waals surface area contributed by atoms with Crippen LogP contribution in [0.25, 0.3) is 10.8 Å². The first-order valence-corrected chi connectivity index (χ1v) is 8.98. The number of hydrogen-bond acceptors (Lipinski definition) is 2. The van der Waals surface area contributed by atoms with Crippen LogP contribution in [0.4, 0.5) is 4.79 Å². The average Bonchev–Trinajstić information content (AvgIpc) is 2.56. The summed E-state index contributed by atoms with van der Waals surface area (Å²) in [5.41, 5.74) is 0.832. The SMILES string of the molecule is CCC(CN(C(=O)O)C(C)(C)C)NC(C)c1cccc2ccccc12. The Morgan fingerprint density at radius 2 is 1.80 bits per heavy atom. The van der Waals surface area contributed by atoms with Crippen LogP contribution in [0.1, 0.15) is 52.6 Å². The summed E-state index contributed by atoms with van der Waals surface area (Å²) in [5.74, 6) is 0. The molecule has 0 fully saturated rings. The van der Waals surface area contributed by atoms with E-state index in [1.54, 1.807) is 0 Å². The number of benzene rings is 2. The molecular formula is C21H30N2O2. The molecule has 4 nitrogen and oxygen atoms in total. The zero-order valence-electron chi connectivity index (χ0n) is 15.9. The maximum Gasteiger partial charge on any atom is 0.407 e. The van der Waals surface area contributed by atoms with Gasteiger partial charge in [0.05, 0.1) is 0 Å². The van der Waals surface area contributed by atoms with Crippen molar-refractivity contribution < 1.29 is 9.90 Å². The van der Waals surface area contributed by atoms with Crippen LogP contribution in [-0.2, 0) is 0 Å². The number of amides is 1. The zero-order chi connectivity index (χ0) is 18.6. The van der Waals surface area contributed by atoms with Gasteiger partial charge in [-0.25, -0.2) is 4.79 Å². The zero-order valence-corrected chi connectivity index (χ0v) is 15.9. The summed E-state index contributed by atoms with van der Waals surface area (Å²) in [5, 5.41) is 15.6. The lowest BCUT2D eigenvalue weighted by atomic mass is 9.98. The monoisotopic (exact) mass is 342 g/mol. The molecule has 25 heavy (non-hydrogen) atoms. The largest absolute Gasteiger partial charge is 0.465 e. The van der Waals surface area contributed by atoms with E-state index in [-0.39, 0.29) is 12.1 Å². The van der Waals surface area contributed by atoms with Gasteiger partial charge in [-0.2, -0.15) is 0 Å². The van der Waals surface area contributed by atoms with Gasteiger partial charge in [0.15, 0.2) is 0 Å². The van der Waals surface area contributed by atoms with Crippen molar-refractivity contribution in [2.45, 2.75) is 58.7 Å². The summed E-state index contributed by atoms with van der Waals surface area (Å²) in [7, 11) is 0. The van der Waals surface area contributed by atoms with Crippen molar-refractivity contribution in [3.8, 4) is 0 Å². The van der Waals surface area contributed by atoms with Gasteiger partial charge in [-0.05, 0) is 50.5 Å². The van der Waals surface area contributed by atoms with Crippen molar-refractivity contribution in [1.29, 1.82) is 0 Å². The van der Waals surface area contributed by atoms with Crippen LogP contribution in [0.3, 0.4) is 0 Å². The Kier molecular flexibility index (Phi) is 6.07. The third-order valence-electron chi connectivity index (χ3n) is 4.71. The molecule has 2 aromatic rings. The second kappa shape index (κ2) is 7.87. The fourth-order valence-corrected chi connectivity index (χ4v) is 3.23. The van der Waals surface area contributed by atoms with Crippen LogP contribution in [0.5, 0.6) is 0 Å². The Hall–Kier alpha value is -2.07. The summed E-state index contributed by atoms with van der Waals surface area (Å²) in [6.45, 7) is 10.5. The van der Waals surface area contributed by atoms with Crippen LogP contribution >= 0.6 is 0 Å². The van der Waals surface area contributed by atoms with Crippen molar-refractivity contribution in [2.75, 3.05) is 6.54 Å². The molecule has 4 heteroatoms. The van der Waals surface area contributed by atoms with Crippen molar-refractivity contribution >= 4 is 16.9 Å². The van der Waals surface area contributed by atoms with E-state index in [9.17, 15) is 9.90 Å². The molecule has 0 spiro atoms. The Morgan fingerprint density at radius 1 is 1.16 bits per heavy atom. The summed E-state index contributed by atoms with van der Waals surface area (Å²) >= 11 is 0. The maximum absolute atomic E-state index is 11.6. The van der Waals surface area contributed by atoms with E-state index in [1.165, 1.54) is 21.2 Å². The van der Waals surface area contributed by atoms with Gasteiger partial charge in [0, 0.05) is 24.2 Å². The van der Waals surface area contributed by atoms with E-state index in [1.807, 2.05) is 26.8 Å². The predicted molar refractivity (Wildman–Crippen MR) is 104 cm³/mol. The maximum atomic E-state index is 11.6. The third-order valence-corrected chi connectivity index (χ3v) is 4.71. The fourth-order valence-electron chi connectivity index (χ4n) is 3.23. The molecule has 0 radical (unpaired) electrons. The lowest BCUT2D eigenvalue weighted by molar-refractivity contribution is 0.0914. The minimum atomic E-state index is -0.870. The molecule has 2 atom stereocenters. The third kappa shape index (κ3) is 4.73. The van der Waals surface area contributed by atoms with E-state index < -0.39 is 11.6 Å². The van der Waals surface area contributed by atoms with Crippen molar-refractivity contribution in [1.82, 2.24) is 10.2 Å². The molecule has 0 bridgehead atoms. The van der Waals surface area contributed by atoms with Crippen molar-refractivity contribution in [3.63, 3.8) is 0 Å². The van der Waals surface area contributed by atoms with E-state index in [0.717, 1.165) is 6.42 Å². The molecule has 0 heterocycles. The summed E-state index contributed by atoms with van der Waals surface area (Å²) in [6.07, 6.45) is 0.000158. The molecule has 0 aliphatic carbocycles. The van der Waals surface area contributed by atoms with Crippen LogP contribution in [0, 0.1) is 0 Å². The van der Waals surface area contributed by atoms with Gasteiger partial charge in [-0.1, -0.05) is 49.4 Å². The average molecular weight is 342 g/mol.